The molecule has 0 saturated heterocycles. The van der Waals surface area contributed by atoms with Gasteiger partial charge in [-0.2, -0.15) is 0 Å². The van der Waals surface area contributed by atoms with E-state index in [-0.39, 0.29) is 0 Å². The predicted octanol–water partition coefficient (Wildman–Crippen LogP) is 15.4. The summed E-state index contributed by atoms with van der Waals surface area (Å²) in [7, 11) is 0. The van der Waals surface area contributed by atoms with E-state index in [9.17, 15) is 0 Å². The van der Waals surface area contributed by atoms with Crippen molar-refractivity contribution in [3.05, 3.63) is 170 Å². The van der Waals surface area contributed by atoms with E-state index in [1.54, 1.807) is 0 Å². The van der Waals surface area contributed by atoms with E-state index in [4.69, 9.17) is 9.97 Å². The summed E-state index contributed by atoms with van der Waals surface area (Å²) in [4.78, 5) is 11.2. The van der Waals surface area contributed by atoms with Gasteiger partial charge in [-0.05, 0) is 71.1 Å². The van der Waals surface area contributed by atoms with E-state index in [0.717, 1.165) is 44.0 Å². The molecule has 0 aliphatic rings. The summed E-state index contributed by atoms with van der Waals surface area (Å²) in [6, 6.07) is 62.4. The number of thiophene rings is 2. The largest absolute Gasteiger partial charge is 0.308 e. The molecule has 0 bridgehead atoms. The summed E-state index contributed by atoms with van der Waals surface area (Å²) < 4.78 is 10.1. The molecule has 6 heteroatoms. The molecule has 0 radical (unpaired) electrons. The molecule has 9 aromatic carbocycles. The minimum atomic E-state index is 0.676. The van der Waals surface area contributed by atoms with E-state index in [0.29, 0.717) is 5.95 Å². The first kappa shape index (κ1) is 31.6. The molecule has 0 N–H and O–H groups in total. The molecule has 0 aliphatic heterocycles. The lowest BCUT2D eigenvalue weighted by Gasteiger charge is -2.14. The van der Waals surface area contributed by atoms with Crippen molar-refractivity contribution in [2.45, 2.75) is 0 Å². The lowest BCUT2D eigenvalue weighted by molar-refractivity contribution is 1.02. The highest BCUT2D eigenvalue weighted by atomic mass is 32.1. The van der Waals surface area contributed by atoms with Gasteiger partial charge in [-0.1, -0.05) is 115 Å². The zero-order valence-electron chi connectivity index (χ0n) is 31.8. The second-order valence-electron chi connectivity index (χ2n) is 16.1. The Kier molecular flexibility index (Phi) is 5.90. The molecule has 15 rings (SSSR count). The molecule has 0 atom stereocenters. The molecular weight excluding hydrogens is 769 g/mol. The summed E-state index contributed by atoms with van der Waals surface area (Å²) in [6.07, 6.45) is 0. The van der Waals surface area contributed by atoms with Gasteiger partial charge in [-0.25, -0.2) is 9.97 Å². The molecule has 0 aliphatic carbocycles. The van der Waals surface area contributed by atoms with Crippen LogP contribution < -0.4 is 0 Å². The SMILES string of the molecule is c1ccc2c(c1)ccc1c(-c3ccc(-c4ccc5c(c4)sc4ccccc45)cc3)nc(-n3c4ccc5sc6cccc7c6c5c4c4c3ccc3c5ccccc5n7c34)nc12. The average molecular weight is 797 g/mol. The second kappa shape index (κ2) is 11.2. The van der Waals surface area contributed by atoms with Gasteiger partial charge < -0.3 is 4.40 Å². The van der Waals surface area contributed by atoms with Crippen LogP contribution in [0.15, 0.2) is 170 Å². The third kappa shape index (κ3) is 3.95. The van der Waals surface area contributed by atoms with Crippen LogP contribution in [0.4, 0.5) is 0 Å². The Morgan fingerprint density at radius 3 is 1.97 bits per heavy atom. The van der Waals surface area contributed by atoms with Crippen LogP contribution >= 0.6 is 22.7 Å². The molecule has 0 fully saturated rings. The van der Waals surface area contributed by atoms with Gasteiger partial charge in [-0.15, -0.1) is 22.7 Å². The summed E-state index contributed by atoms with van der Waals surface area (Å²) >= 11 is 3.74. The third-order valence-corrected chi connectivity index (χ3v) is 15.3. The number of fused-ring (bicyclic) bond motifs is 10. The van der Waals surface area contributed by atoms with Gasteiger partial charge in [0.25, 0.3) is 0 Å². The van der Waals surface area contributed by atoms with E-state index < -0.39 is 0 Å². The fourth-order valence-electron chi connectivity index (χ4n) is 10.5. The lowest BCUT2D eigenvalue weighted by Crippen LogP contribution is -2.04. The smallest absolute Gasteiger partial charge is 0.235 e. The summed E-state index contributed by atoms with van der Waals surface area (Å²) in [5.74, 6) is 0.676. The molecule has 4 nitrogen and oxygen atoms in total. The van der Waals surface area contributed by atoms with Crippen LogP contribution in [-0.2, 0) is 0 Å². The van der Waals surface area contributed by atoms with Crippen molar-refractivity contribution in [2.75, 3.05) is 0 Å². The molecule has 0 unspecified atom stereocenters. The quantitative estimate of drug-likeness (QED) is 0.167. The average Bonchev–Trinajstić information content (AvgIpc) is 4.03. The molecule has 6 heterocycles. The highest BCUT2D eigenvalue weighted by Gasteiger charge is 2.27. The first-order chi connectivity index (χ1) is 29.7. The van der Waals surface area contributed by atoms with E-state index in [1.807, 2.05) is 22.7 Å². The van der Waals surface area contributed by atoms with Gasteiger partial charge in [0.15, 0.2) is 0 Å². The van der Waals surface area contributed by atoms with Crippen molar-refractivity contribution in [1.82, 2.24) is 18.9 Å². The van der Waals surface area contributed by atoms with Gasteiger partial charge in [-0.3, -0.25) is 4.57 Å². The molecule has 6 aromatic heterocycles. The Morgan fingerprint density at radius 2 is 1.03 bits per heavy atom. The minimum absolute atomic E-state index is 0.676. The molecule has 0 amide bonds. The van der Waals surface area contributed by atoms with E-state index >= 15 is 0 Å². The van der Waals surface area contributed by atoms with Crippen LogP contribution in [0, 0.1) is 0 Å². The fraction of sp³-hybridized carbons (Fsp3) is 0. The number of para-hydroxylation sites is 1. The number of rotatable bonds is 3. The van der Waals surface area contributed by atoms with Crippen molar-refractivity contribution in [3.8, 4) is 28.3 Å². The Labute approximate surface area is 349 Å². The monoisotopic (exact) mass is 796 g/mol. The second-order valence-corrected chi connectivity index (χ2v) is 18.2. The van der Waals surface area contributed by atoms with Crippen molar-refractivity contribution < 1.29 is 0 Å². The minimum Gasteiger partial charge on any atom is -0.308 e. The maximum atomic E-state index is 5.60. The maximum absolute atomic E-state index is 5.60. The molecule has 0 spiro atoms. The Balaban J connectivity index is 1.02. The van der Waals surface area contributed by atoms with Gasteiger partial charge in [0.2, 0.25) is 5.95 Å². The first-order valence-electron chi connectivity index (χ1n) is 20.3. The van der Waals surface area contributed by atoms with Gasteiger partial charge >= 0.3 is 0 Å². The Hall–Kier alpha value is -7.38. The zero-order valence-corrected chi connectivity index (χ0v) is 33.4. The van der Waals surface area contributed by atoms with Crippen LogP contribution in [0.25, 0.3) is 139 Å². The highest BCUT2D eigenvalue weighted by Crippen LogP contribution is 2.50. The van der Waals surface area contributed by atoms with Gasteiger partial charge in [0, 0.05) is 78.2 Å². The van der Waals surface area contributed by atoms with Crippen LogP contribution in [0.5, 0.6) is 0 Å². The van der Waals surface area contributed by atoms with E-state index in [1.165, 1.54) is 89.6 Å². The third-order valence-electron chi connectivity index (χ3n) is 13.1. The zero-order chi connectivity index (χ0) is 38.8. The topological polar surface area (TPSA) is 35.1 Å². The van der Waals surface area contributed by atoms with Crippen LogP contribution in [0.1, 0.15) is 0 Å². The molecule has 276 valence electrons. The molecular formula is C54H28N4S2. The highest BCUT2D eigenvalue weighted by molar-refractivity contribution is 7.26. The summed E-state index contributed by atoms with van der Waals surface area (Å²) in [5.41, 5.74) is 11.3. The number of hydrogen-bond acceptors (Lipinski definition) is 4. The van der Waals surface area contributed by atoms with Gasteiger partial charge in [0.05, 0.1) is 38.8 Å². The lowest BCUT2D eigenvalue weighted by atomic mass is 9.99. The number of aromatic nitrogens is 4. The number of benzene rings is 9. The normalized spacial score (nSPS) is 12.7. The summed E-state index contributed by atoms with van der Waals surface area (Å²) in [6.45, 7) is 0. The van der Waals surface area contributed by atoms with Crippen LogP contribution in [-0.4, -0.2) is 18.9 Å². The molecule has 60 heavy (non-hydrogen) atoms. The van der Waals surface area contributed by atoms with Crippen molar-refractivity contribution >= 4 is 134 Å². The maximum Gasteiger partial charge on any atom is 0.235 e. The van der Waals surface area contributed by atoms with Crippen molar-refractivity contribution in [2.24, 2.45) is 0 Å². The van der Waals surface area contributed by atoms with Crippen LogP contribution in [0.2, 0.25) is 0 Å². The Bertz CT molecular complexity index is 4300. The van der Waals surface area contributed by atoms with Crippen molar-refractivity contribution in [3.63, 3.8) is 0 Å². The predicted molar refractivity (Wildman–Crippen MR) is 256 cm³/mol. The van der Waals surface area contributed by atoms with Crippen LogP contribution in [0.3, 0.4) is 0 Å². The number of nitrogens with zero attached hydrogens (tertiary/aromatic N) is 4. The standard InChI is InChI=1S/C54H28N4S2/c1-2-9-33-30(8-1)20-23-38-51(31-18-16-29(17-19-31)32-21-22-36-35-11-4-6-14-43(35)59-46(36)28-32)55-54(56-52(33)38)58-41-26-27-45-50-47-40(13-7-15-44(47)60-45)57-39-12-5-3-10-34(39)37-24-25-42(58)49(48(41)50)53(37)57/h1-28H. The molecule has 15 aromatic rings. The van der Waals surface area contributed by atoms with Crippen molar-refractivity contribution in [1.29, 1.82) is 0 Å². The summed E-state index contributed by atoms with van der Waals surface area (Å²) in [5, 5.41) is 13.7. The van der Waals surface area contributed by atoms with E-state index in [2.05, 4.69) is 179 Å². The number of hydrogen-bond donors (Lipinski definition) is 0. The first-order valence-corrected chi connectivity index (χ1v) is 22.0. The van der Waals surface area contributed by atoms with Gasteiger partial charge in [0.1, 0.15) is 0 Å². The molecule has 0 saturated carbocycles. The Morgan fingerprint density at radius 1 is 0.367 bits per heavy atom. The fourth-order valence-corrected chi connectivity index (χ4v) is 12.8.